The Hall–Kier alpha value is -5.60. The van der Waals surface area contributed by atoms with Gasteiger partial charge in [0.1, 0.15) is 11.2 Å². The number of benzene rings is 8. The Kier molecular flexibility index (Phi) is 4.21. The van der Waals surface area contributed by atoms with E-state index in [-0.39, 0.29) is 0 Å². The molecule has 0 fully saturated rings. The van der Waals surface area contributed by atoms with Crippen molar-refractivity contribution in [2.75, 3.05) is 0 Å². The van der Waals surface area contributed by atoms with Gasteiger partial charge in [-0.3, -0.25) is 0 Å². The van der Waals surface area contributed by atoms with E-state index in [1.807, 2.05) is 0 Å². The van der Waals surface area contributed by atoms with Crippen LogP contribution in [0.1, 0.15) is 0 Å². The standard InChI is InChI=1S/C40H23NO/c1-3-9-25-23(7-1)15-19-33-37(25)38-31-13-5-11-27(29(31)17-20-34(38)41-33)28-12-6-14-32-30(28)18-22-36-40(32)39-26-10-4-2-8-24(26)16-21-35(39)42-36/h1-22,41H. The van der Waals surface area contributed by atoms with Crippen molar-refractivity contribution in [3.05, 3.63) is 133 Å². The van der Waals surface area contributed by atoms with E-state index in [0.717, 1.165) is 11.2 Å². The lowest BCUT2D eigenvalue weighted by Gasteiger charge is -2.12. The van der Waals surface area contributed by atoms with Gasteiger partial charge in [0.2, 0.25) is 0 Å². The molecule has 2 nitrogen and oxygen atoms in total. The second kappa shape index (κ2) is 7.99. The van der Waals surface area contributed by atoms with Crippen LogP contribution < -0.4 is 0 Å². The van der Waals surface area contributed by atoms with E-state index in [9.17, 15) is 0 Å². The minimum Gasteiger partial charge on any atom is -0.456 e. The number of rotatable bonds is 1. The summed E-state index contributed by atoms with van der Waals surface area (Å²) in [4.78, 5) is 3.69. The first-order valence-electron chi connectivity index (χ1n) is 14.4. The molecule has 1 N–H and O–H groups in total. The number of nitrogens with one attached hydrogen (secondary N) is 1. The van der Waals surface area contributed by atoms with Crippen molar-refractivity contribution in [1.29, 1.82) is 0 Å². The van der Waals surface area contributed by atoms with Crippen LogP contribution in [0.4, 0.5) is 0 Å². The first-order chi connectivity index (χ1) is 20.8. The summed E-state index contributed by atoms with van der Waals surface area (Å²) < 4.78 is 6.40. The highest BCUT2D eigenvalue weighted by molar-refractivity contribution is 6.30. The summed E-state index contributed by atoms with van der Waals surface area (Å²) in [7, 11) is 0. The van der Waals surface area contributed by atoms with Crippen molar-refractivity contribution in [1.82, 2.24) is 4.98 Å². The average Bonchev–Trinajstić information content (AvgIpc) is 3.63. The van der Waals surface area contributed by atoms with E-state index in [4.69, 9.17) is 4.42 Å². The molecule has 0 unspecified atom stereocenters. The molecule has 0 amide bonds. The zero-order chi connectivity index (χ0) is 27.4. The van der Waals surface area contributed by atoms with Crippen LogP contribution in [-0.4, -0.2) is 4.98 Å². The molecule has 0 bridgehead atoms. The van der Waals surface area contributed by atoms with Crippen LogP contribution in [0.3, 0.4) is 0 Å². The molecule has 0 atom stereocenters. The van der Waals surface area contributed by atoms with Gasteiger partial charge in [0.15, 0.2) is 0 Å². The molecule has 0 radical (unpaired) electrons. The number of hydrogen-bond donors (Lipinski definition) is 1. The smallest absolute Gasteiger partial charge is 0.136 e. The Labute approximate surface area is 240 Å². The second-order valence-corrected chi connectivity index (χ2v) is 11.3. The van der Waals surface area contributed by atoms with Crippen molar-refractivity contribution < 1.29 is 4.42 Å². The molecule has 2 heteroatoms. The topological polar surface area (TPSA) is 28.9 Å². The van der Waals surface area contributed by atoms with Crippen molar-refractivity contribution in [3.63, 3.8) is 0 Å². The molecular weight excluding hydrogens is 510 g/mol. The average molecular weight is 534 g/mol. The molecule has 0 aliphatic rings. The van der Waals surface area contributed by atoms with Crippen LogP contribution in [0.25, 0.3) is 98.0 Å². The SMILES string of the molecule is c1ccc2c(c1)ccc1[nH]c3ccc4c(-c5cccc6c5ccc5oc7ccc8ccccc8c7c56)cccc4c3c12. The van der Waals surface area contributed by atoms with Crippen LogP contribution in [0.2, 0.25) is 0 Å². The predicted octanol–water partition coefficient (Wildman–Crippen LogP) is 11.5. The van der Waals surface area contributed by atoms with Crippen LogP contribution >= 0.6 is 0 Å². The van der Waals surface area contributed by atoms with E-state index in [2.05, 4.69) is 138 Å². The Bertz CT molecular complexity index is 2550. The number of furan rings is 1. The fourth-order valence-electron chi connectivity index (χ4n) is 7.38. The van der Waals surface area contributed by atoms with E-state index < -0.39 is 0 Å². The summed E-state index contributed by atoms with van der Waals surface area (Å²) in [6.45, 7) is 0. The molecule has 42 heavy (non-hydrogen) atoms. The van der Waals surface area contributed by atoms with Gasteiger partial charge in [-0.25, -0.2) is 0 Å². The van der Waals surface area contributed by atoms with Gasteiger partial charge in [0, 0.05) is 32.6 Å². The van der Waals surface area contributed by atoms with E-state index >= 15 is 0 Å². The van der Waals surface area contributed by atoms with Crippen molar-refractivity contribution in [3.8, 4) is 11.1 Å². The lowest BCUT2D eigenvalue weighted by molar-refractivity contribution is 0.669. The molecule has 194 valence electrons. The van der Waals surface area contributed by atoms with Crippen LogP contribution in [0.5, 0.6) is 0 Å². The number of fused-ring (bicyclic) bond motifs is 14. The molecule has 0 spiro atoms. The van der Waals surface area contributed by atoms with Gasteiger partial charge in [-0.1, -0.05) is 109 Å². The van der Waals surface area contributed by atoms with Gasteiger partial charge in [0.25, 0.3) is 0 Å². The van der Waals surface area contributed by atoms with Crippen molar-refractivity contribution in [2.45, 2.75) is 0 Å². The zero-order valence-electron chi connectivity index (χ0n) is 22.6. The summed E-state index contributed by atoms with van der Waals surface area (Å²) >= 11 is 0. The van der Waals surface area contributed by atoms with Crippen molar-refractivity contribution >= 4 is 86.8 Å². The zero-order valence-corrected chi connectivity index (χ0v) is 22.6. The maximum absolute atomic E-state index is 6.40. The third-order valence-corrected chi connectivity index (χ3v) is 9.18. The largest absolute Gasteiger partial charge is 0.456 e. The minimum absolute atomic E-state index is 0.927. The Balaban J connectivity index is 1.32. The fourth-order valence-corrected chi connectivity index (χ4v) is 7.38. The van der Waals surface area contributed by atoms with Gasteiger partial charge < -0.3 is 9.40 Å². The number of aromatic amines is 1. The third kappa shape index (κ3) is 2.83. The predicted molar refractivity (Wildman–Crippen MR) is 179 cm³/mol. The molecule has 0 saturated carbocycles. The summed E-state index contributed by atoms with van der Waals surface area (Å²) in [6.07, 6.45) is 0. The third-order valence-electron chi connectivity index (χ3n) is 9.18. The monoisotopic (exact) mass is 533 g/mol. The highest BCUT2D eigenvalue weighted by atomic mass is 16.3. The van der Waals surface area contributed by atoms with Gasteiger partial charge in [-0.15, -0.1) is 0 Å². The minimum atomic E-state index is 0.927. The van der Waals surface area contributed by atoms with Gasteiger partial charge in [0.05, 0.1) is 0 Å². The Morgan fingerprint density at radius 2 is 0.810 bits per heavy atom. The second-order valence-electron chi connectivity index (χ2n) is 11.3. The normalized spacial score (nSPS) is 12.3. The molecule has 10 aromatic rings. The molecule has 0 saturated heterocycles. The lowest BCUT2D eigenvalue weighted by Crippen LogP contribution is -1.86. The molecule has 0 aliphatic heterocycles. The maximum Gasteiger partial charge on any atom is 0.136 e. The van der Waals surface area contributed by atoms with Crippen LogP contribution in [0, 0.1) is 0 Å². The highest BCUT2D eigenvalue weighted by Gasteiger charge is 2.17. The first-order valence-corrected chi connectivity index (χ1v) is 14.4. The maximum atomic E-state index is 6.40. The summed E-state index contributed by atoms with van der Waals surface area (Å²) in [6, 6.07) is 48.3. The van der Waals surface area contributed by atoms with Gasteiger partial charge in [-0.2, -0.15) is 0 Å². The fraction of sp³-hybridized carbons (Fsp3) is 0. The Morgan fingerprint density at radius 3 is 1.52 bits per heavy atom. The molecule has 0 aliphatic carbocycles. The molecular formula is C40H23NO. The van der Waals surface area contributed by atoms with Crippen LogP contribution in [0.15, 0.2) is 138 Å². The molecule has 10 rings (SSSR count). The molecule has 2 heterocycles. The summed E-state index contributed by atoms with van der Waals surface area (Å²) in [5.41, 5.74) is 6.68. The van der Waals surface area contributed by atoms with E-state index in [1.165, 1.54) is 86.8 Å². The van der Waals surface area contributed by atoms with Crippen LogP contribution in [-0.2, 0) is 0 Å². The van der Waals surface area contributed by atoms with Gasteiger partial charge in [-0.05, 0) is 78.5 Å². The lowest BCUT2D eigenvalue weighted by atomic mass is 9.90. The molecule has 2 aromatic heterocycles. The first kappa shape index (κ1) is 22.1. The Morgan fingerprint density at radius 1 is 0.333 bits per heavy atom. The number of hydrogen-bond acceptors (Lipinski definition) is 1. The molecule has 8 aromatic carbocycles. The van der Waals surface area contributed by atoms with E-state index in [0.29, 0.717) is 0 Å². The summed E-state index contributed by atoms with van der Waals surface area (Å²) in [5.74, 6) is 0. The van der Waals surface area contributed by atoms with E-state index in [1.54, 1.807) is 0 Å². The number of H-pyrrole nitrogens is 1. The number of aromatic nitrogens is 1. The highest BCUT2D eigenvalue weighted by Crippen LogP contribution is 2.44. The summed E-state index contributed by atoms with van der Waals surface area (Å²) in [5, 5.41) is 14.9. The quantitative estimate of drug-likeness (QED) is 0.223. The van der Waals surface area contributed by atoms with Crippen molar-refractivity contribution in [2.24, 2.45) is 0 Å². The van der Waals surface area contributed by atoms with Gasteiger partial charge >= 0.3 is 0 Å².